The standard InChI is InChI=1S/C15H24O2/c1-14(2)7-4-8-15(3)11-9-17-13(16)10(11)5-6-12(14)15/h10-12H,4-9H2,1-3H3/t10-,11+,12+,15-/m1/s1. The SMILES string of the molecule is CC1(C)CCC[C@]2(C)[C@H]3COC(=O)[C@@H]3CC[C@@H]12. The van der Waals surface area contributed by atoms with Crippen molar-refractivity contribution in [1.82, 2.24) is 0 Å². The van der Waals surface area contributed by atoms with Gasteiger partial charge in [0, 0.05) is 5.92 Å². The number of hydrogen-bond donors (Lipinski definition) is 0. The topological polar surface area (TPSA) is 26.3 Å². The van der Waals surface area contributed by atoms with Crippen LogP contribution in [0.25, 0.3) is 0 Å². The van der Waals surface area contributed by atoms with Crippen LogP contribution in [0.15, 0.2) is 0 Å². The van der Waals surface area contributed by atoms with E-state index in [1.165, 1.54) is 25.7 Å². The van der Waals surface area contributed by atoms with Crippen molar-refractivity contribution in [2.75, 3.05) is 6.61 Å². The summed E-state index contributed by atoms with van der Waals surface area (Å²) in [5.41, 5.74) is 0.792. The Morgan fingerprint density at radius 2 is 1.94 bits per heavy atom. The fourth-order valence-corrected chi connectivity index (χ4v) is 5.20. The van der Waals surface area contributed by atoms with Gasteiger partial charge in [-0.2, -0.15) is 0 Å². The summed E-state index contributed by atoms with van der Waals surface area (Å²) in [6.45, 7) is 7.96. The Labute approximate surface area is 104 Å². The molecule has 0 N–H and O–H groups in total. The summed E-state index contributed by atoms with van der Waals surface area (Å²) in [6.07, 6.45) is 6.24. The van der Waals surface area contributed by atoms with Gasteiger partial charge in [-0.1, -0.05) is 27.2 Å². The van der Waals surface area contributed by atoms with Crippen LogP contribution in [0.4, 0.5) is 0 Å². The van der Waals surface area contributed by atoms with Crippen LogP contribution in [0.3, 0.4) is 0 Å². The molecule has 0 aromatic rings. The molecule has 96 valence electrons. The van der Waals surface area contributed by atoms with Gasteiger partial charge in [-0.3, -0.25) is 4.79 Å². The van der Waals surface area contributed by atoms with E-state index in [0.29, 0.717) is 23.4 Å². The van der Waals surface area contributed by atoms with Crippen molar-refractivity contribution < 1.29 is 9.53 Å². The van der Waals surface area contributed by atoms with E-state index in [1.54, 1.807) is 0 Å². The van der Waals surface area contributed by atoms with E-state index in [-0.39, 0.29) is 11.9 Å². The van der Waals surface area contributed by atoms with Crippen molar-refractivity contribution in [3.8, 4) is 0 Å². The zero-order valence-corrected chi connectivity index (χ0v) is 11.3. The molecule has 17 heavy (non-hydrogen) atoms. The molecule has 3 rings (SSSR count). The molecule has 0 aromatic carbocycles. The lowest BCUT2D eigenvalue weighted by Gasteiger charge is -2.57. The molecule has 0 unspecified atom stereocenters. The van der Waals surface area contributed by atoms with Gasteiger partial charge in [0.2, 0.25) is 0 Å². The predicted molar refractivity (Wildman–Crippen MR) is 66.4 cm³/mol. The molecule has 2 saturated carbocycles. The first-order chi connectivity index (χ1) is 7.95. The summed E-state index contributed by atoms with van der Waals surface area (Å²) in [7, 11) is 0. The summed E-state index contributed by atoms with van der Waals surface area (Å²) in [5.74, 6) is 1.57. The maximum Gasteiger partial charge on any atom is 0.309 e. The van der Waals surface area contributed by atoms with Crippen LogP contribution in [0.2, 0.25) is 0 Å². The Hall–Kier alpha value is -0.530. The van der Waals surface area contributed by atoms with Crippen LogP contribution >= 0.6 is 0 Å². The highest BCUT2D eigenvalue weighted by Gasteiger charge is 2.58. The first-order valence-electron chi connectivity index (χ1n) is 7.12. The normalized spacial score (nSPS) is 48.2. The minimum absolute atomic E-state index is 0.0815. The van der Waals surface area contributed by atoms with E-state index in [4.69, 9.17) is 4.74 Å². The maximum absolute atomic E-state index is 11.8. The molecule has 2 nitrogen and oxygen atoms in total. The Morgan fingerprint density at radius 1 is 1.18 bits per heavy atom. The number of rotatable bonds is 0. The van der Waals surface area contributed by atoms with Crippen LogP contribution < -0.4 is 0 Å². The van der Waals surface area contributed by atoms with Crippen LogP contribution in [0, 0.1) is 28.6 Å². The number of carbonyl (C=O) groups is 1. The quantitative estimate of drug-likeness (QED) is 0.602. The molecule has 4 atom stereocenters. The van der Waals surface area contributed by atoms with Crippen LogP contribution in [0.5, 0.6) is 0 Å². The van der Waals surface area contributed by atoms with Gasteiger partial charge in [0.15, 0.2) is 0 Å². The Kier molecular flexibility index (Phi) is 2.37. The Morgan fingerprint density at radius 3 is 2.71 bits per heavy atom. The van der Waals surface area contributed by atoms with Crippen molar-refractivity contribution in [3.63, 3.8) is 0 Å². The lowest BCUT2D eigenvalue weighted by molar-refractivity contribution is -0.143. The van der Waals surface area contributed by atoms with Crippen LogP contribution in [-0.2, 0) is 9.53 Å². The van der Waals surface area contributed by atoms with Gasteiger partial charge >= 0.3 is 5.97 Å². The van der Waals surface area contributed by atoms with Gasteiger partial charge in [0.1, 0.15) is 0 Å². The third kappa shape index (κ3) is 1.49. The zero-order chi connectivity index (χ0) is 12.3. The average molecular weight is 236 g/mol. The van der Waals surface area contributed by atoms with Crippen molar-refractivity contribution >= 4 is 5.97 Å². The second kappa shape index (κ2) is 3.49. The second-order valence-corrected chi connectivity index (χ2v) is 7.32. The van der Waals surface area contributed by atoms with Gasteiger partial charge < -0.3 is 4.74 Å². The monoisotopic (exact) mass is 236 g/mol. The Balaban J connectivity index is 1.95. The van der Waals surface area contributed by atoms with Gasteiger partial charge in [-0.25, -0.2) is 0 Å². The molecule has 0 radical (unpaired) electrons. The van der Waals surface area contributed by atoms with E-state index < -0.39 is 0 Å². The molecule has 1 aliphatic heterocycles. The number of ether oxygens (including phenoxy) is 1. The van der Waals surface area contributed by atoms with Gasteiger partial charge in [0.05, 0.1) is 12.5 Å². The first-order valence-corrected chi connectivity index (χ1v) is 7.12. The minimum atomic E-state index is 0.0815. The smallest absolute Gasteiger partial charge is 0.309 e. The molecule has 3 aliphatic rings. The van der Waals surface area contributed by atoms with E-state index in [2.05, 4.69) is 20.8 Å². The lowest BCUT2D eigenvalue weighted by atomic mass is 9.47. The average Bonchev–Trinajstić information content (AvgIpc) is 2.60. The minimum Gasteiger partial charge on any atom is -0.465 e. The van der Waals surface area contributed by atoms with Gasteiger partial charge in [0.25, 0.3) is 0 Å². The molecular weight excluding hydrogens is 212 g/mol. The molecular formula is C15H24O2. The first kappa shape index (κ1) is 11.6. The van der Waals surface area contributed by atoms with Gasteiger partial charge in [-0.15, -0.1) is 0 Å². The number of esters is 1. The molecule has 2 heteroatoms. The third-order valence-corrected chi connectivity index (χ3v) is 6.08. The number of carbonyl (C=O) groups excluding carboxylic acids is 1. The Bertz CT molecular complexity index is 347. The van der Waals surface area contributed by atoms with Crippen molar-refractivity contribution in [1.29, 1.82) is 0 Å². The summed E-state index contributed by atoms with van der Waals surface area (Å²) >= 11 is 0. The van der Waals surface area contributed by atoms with E-state index in [9.17, 15) is 4.79 Å². The lowest BCUT2D eigenvalue weighted by Crippen LogP contribution is -2.51. The highest BCUT2D eigenvalue weighted by Crippen LogP contribution is 2.62. The number of fused-ring (bicyclic) bond motifs is 3. The second-order valence-electron chi connectivity index (χ2n) is 7.32. The van der Waals surface area contributed by atoms with E-state index >= 15 is 0 Å². The van der Waals surface area contributed by atoms with E-state index in [0.717, 1.165) is 12.3 Å². The zero-order valence-electron chi connectivity index (χ0n) is 11.3. The molecule has 1 saturated heterocycles. The molecule has 0 bridgehead atoms. The summed E-state index contributed by atoms with van der Waals surface area (Å²) in [5, 5.41) is 0. The largest absolute Gasteiger partial charge is 0.465 e. The maximum atomic E-state index is 11.8. The summed E-state index contributed by atoms with van der Waals surface area (Å²) in [4.78, 5) is 11.8. The van der Waals surface area contributed by atoms with Crippen molar-refractivity contribution in [2.45, 2.75) is 52.9 Å². The van der Waals surface area contributed by atoms with E-state index in [1.807, 2.05) is 0 Å². The highest BCUT2D eigenvalue weighted by atomic mass is 16.5. The third-order valence-electron chi connectivity index (χ3n) is 6.08. The fraction of sp³-hybridized carbons (Fsp3) is 0.933. The van der Waals surface area contributed by atoms with Crippen molar-refractivity contribution in [3.05, 3.63) is 0 Å². The van der Waals surface area contributed by atoms with Gasteiger partial charge in [-0.05, 0) is 42.4 Å². The number of cyclic esters (lactones) is 1. The highest BCUT2D eigenvalue weighted by molar-refractivity contribution is 5.75. The van der Waals surface area contributed by atoms with Crippen LogP contribution in [0.1, 0.15) is 52.9 Å². The molecule has 2 aliphatic carbocycles. The number of hydrogen-bond acceptors (Lipinski definition) is 2. The van der Waals surface area contributed by atoms with Crippen LogP contribution in [-0.4, -0.2) is 12.6 Å². The summed E-state index contributed by atoms with van der Waals surface area (Å²) < 4.78 is 5.34. The van der Waals surface area contributed by atoms with Crippen molar-refractivity contribution in [2.24, 2.45) is 28.6 Å². The summed E-state index contributed by atoms with van der Waals surface area (Å²) in [6, 6.07) is 0. The molecule has 0 spiro atoms. The molecule has 0 aromatic heterocycles. The molecule has 0 amide bonds. The molecule has 3 fully saturated rings. The predicted octanol–water partition coefficient (Wildman–Crippen LogP) is 3.40. The fourth-order valence-electron chi connectivity index (χ4n) is 5.20. The molecule has 1 heterocycles.